The van der Waals surface area contributed by atoms with Gasteiger partial charge in [0.2, 0.25) is 5.91 Å². The molecule has 3 N–H and O–H groups in total. The molecule has 2 atom stereocenters. The Labute approximate surface area is 239 Å². The summed E-state index contributed by atoms with van der Waals surface area (Å²) in [4.78, 5) is 32.8. The average molecular weight is 560 g/mol. The molecule has 8 nitrogen and oxygen atoms in total. The van der Waals surface area contributed by atoms with E-state index in [9.17, 15) is 9.59 Å². The van der Waals surface area contributed by atoms with Crippen molar-refractivity contribution < 1.29 is 14.3 Å². The summed E-state index contributed by atoms with van der Waals surface area (Å²) in [5.74, 6) is 1.04. The van der Waals surface area contributed by atoms with Crippen LogP contribution in [0.15, 0.2) is 65.4 Å². The molecule has 0 saturated carbocycles. The quantitative estimate of drug-likeness (QED) is 0.260. The maximum absolute atomic E-state index is 13.2. The van der Waals surface area contributed by atoms with E-state index in [0.717, 1.165) is 60.3 Å². The molecular formula is C31H37N5O3S. The van der Waals surface area contributed by atoms with Crippen LogP contribution in [0.25, 0.3) is 22.2 Å². The number of rotatable bonds is 11. The first-order valence-electron chi connectivity index (χ1n) is 13.9. The standard InChI is InChI=1S/C31H37N5O3S/c1-39-16-5-15-36-28-8-3-2-7-27(28)34-30(36)24-6-4-14-35(20-24)29(37)18-26(32)19-33-31(38)23-11-9-22(10-12-23)25-13-17-40-21-25/h2-3,7-13,17,21,24,26H,4-6,14-16,18-20,32H2,1H3,(H,33,38). The summed E-state index contributed by atoms with van der Waals surface area (Å²) in [5.41, 5.74) is 11.2. The van der Waals surface area contributed by atoms with Crippen LogP contribution in [-0.4, -0.2) is 65.7 Å². The van der Waals surface area contributed by atoms with Crippen molar-refractivity contribution in [2.24, 2.45) is 5.73 Å². The molecule has 0 spiro atoms. The topological polar surface area (TPSA) is 102 Å². The molecule has 2 unspecified atom stereocenters. The number of carbonyl (C=O) groups excluding carboxylic acids is 2. The van der Waals surface area contributed by atoms with Crippen molar-refractivity contribution in [3.8, 4) is 11.1 Å². The molecule has 0 bridgehead atoms. The van der Waals surface area contributed by atoms with Crippen molar-refractivity contribution in [2.45, 2.75) is 44.2 Å². The molecule has 1 aliphatic rings. The van der Waals surface area contributed by atoms with Crippen LogP contribution in [0.2, 0.25) is 0 Å². The number of ether oxygens (including phenoxy) is 1. The van der Waals surface area contributed by atoms with E-state index in [-0.39, 0.29) is 30.7 Å². The number of nitrogens with one attached hydrogen (secondary N) is 1. The number of likely N-dealkylation sites (tertiary alicyclic amines) is 1. The zero-order chi connectivity index (χ0) is 27.9. The van der Waals surface area contributed by atoms with Gasteiger partial charge in [0, 0.05) is 63.8 Å². The van der Waals surface area contributed by atoms with E-state index >= 15 is 0 Å². The lowest BCUT2D eigenvalue weighted by molar-refractivity contribution is -0.132. The minimum atomic E-state index is -0.458. The van der Waals surface area contributed by atoms with E-state index < -0.39 is 6.04 Å². The van der Waals surface area contributed by atoms with Gasteiger partial charge in [-0.25, -0.2) is 4.98 Å². The Morgan fingerprint density at radius 3 is 2.75 bits per heavy atom. The number of hydrogen-bond donors (Lipinski definition) is 2. The first-order chi connectivity index (χ1) is 19.5. The lowest BCUT2D eigenvalue weighted by Gasteiger charge is -2.33. The number of para-hydroxylation sites is 2. The Hall–Kier alpha value is -3.53. The summed E-state index contributed by atoms with van der Waals surface area (Å²) in [6.07, 6.45) is 3.00. The van der Waals surface area contributed by atoms with E-state index in [4.69, 9.17) is 15.5 Å². The van der Waals surface area contributed by atoms with Crippen molar-refractivity contribution in [3.63, 3.8) is 0 Å². The molecule has 3 heterocycles. The third-order valence-corrected chi connectivity index (χ3v) is 8.20. The Kier molecular flexibility index (Phi) is 9.26. The van der Waals surface area contributed by atoms with Crippen LogP contribution in [0, 0.1) is 0 Å². The molecule has 1 fully saturated rings. The third kappa shape index (κ3) is 6.60. The van der Waals surface area contributed by atoms with E-state index in [2.05, 4.69) is 27.4 Å². The number of aromatic nitrogens is 2. The highest BCUT2D eigenvalue weighted by Crippen LogP contribution is 2.30. The van der Waals surface area contributed by atoms with E-state index in [1.807, 2.05) is 52.7 Å². The van der Waals surface area contributed by atoms with Gasteiger partial charge in [0.15, 0.2) is 0 Å². The summed E-state index contributed by atoms with van der Waals surface area (Å²) < 4.78 is 7.57. The number of methoxy groups -OCH3 is 1. The van der Waals surface area contributed by atoms with Crippen molar-refractivity contribution in [1.82, 2.24) is 19.8 Å². The van der Waals surface area contributed by atoms with E-state index in [1.165, 1.54) is 0 Å². The smallest absolute Gasteiger partial charge is 0.251 e. The van der Waals surface area contributed by atoms with Gasteiger partial charge < -0.3 is 25.3 Å². The summed E-state index contributed by atoms with van der Waals surface area (Å²) in [6, 6.07) is 17.3. The lowest BCUT2D eigenvalue weighted by Crippen LogP contribution is -2.45. The van der Waals surface area contributed by atoms with Crippen molar-refractivity contribution in [1.29, 1.82) is 0 Å². The number of piperidine rings is 1. The third-order valence-electron chi connectivity index (χ3n) is 7.52. The van der Waals surface area contributed by atoms with Gasteiger partial charge in [-0.3, -0.25) is 9.59 Å². The Balaban J connectivity index is 1.16. The molecule has 40 heavy (non-hydrogen) atoms. The van der Waals surface area contributed by atoms with Gasteiger partial charge in [-0.1, -0.05) is 24.3 Å². The highest BCUT2D eigenvalue weighted by atomic mass is 32.1. The maximum atomic E-state index is 13.2. The number of nitrogens with zero attached hydrogens (tertiary/aromatic N) is 3. The minimum Gasteiger partial charge on any atom is -0.385 e. The summed E-state index contributed by atoms with van der Waals surface area (Å²) >= 11 is 1.64. The number of carbonyl (C=O) groups is 2. The van der Waals surface area contributed by atoms with Gasteiger partial charge in [0.1, 0.15) is 5.82 Å². The zero-order valence-corrected chi connectivity index (χ0v) is 23.7. The number of aryl methyl sites for hydroxylation is 1. The van der Waals surface area contributed by atoms with E-state index in [0.29, 0.717) is 18.7 Å². The fourth-order valence-electron chi connectivity index (χ4n) is 5.42. The van der Waals surface area contributed by atoms with E-state index in [1.54, 1.807) is 18.4 Å². The fraction of sp³-hybridized carbons (Fsp3) is 0.387. The summed E-state index contributed by atoms with van der Waals surface area (Å²) in [5, 5.41) is 7.00. The Bertz CT molecular complexity index is 1420. The van der Waals surface area contributed by atoms with Crippen LogP contribution in [0.1, 0.15) is 47.8 Å². The van der Waals surface area contributed by atoms with Crippen LogP contribution in [-0.2, 0) is 16.1 Å². The molecule has 1 aliphatic heterocycles. The molecule has 4 aromatic rings. The van der Waals surface area contributed by atoms with Crippen molar-refractivity contribution in [3.05, 3.63) is 76.7 Å². The normalized spacial score (nSPS) is 16.2. The monoisotopic (exact) mass is 559 g/mol. The number of benzene rings is 2. The number of thiophene rings is 1. The first kappa shape index (κ1) is 28.0. The highest BCUT2D eigenvalue weighted by molar-refractivity contribution is 7.08. The van der Waals surface area contributed by atoms with Crippen LogP contribution in [0.4, 0.5) is 0 Å². The van der Waals surface area contributed by atoms with Gasteiger partial charge in [0.05, 0.1) is 11.0 Å². The molecule has 5 rings (SSSR count). The molecule has 2 aromatic carbocycles. The molecular weight excluding hydrogens is 522 g/mol. The van der Waals surface area contributed by atoms with Crippen LogP contribution in [0.5, 0.6) is 0 Å². The lowest BCUT2D eigenvalue weighted by atomic mass is 9.96. The number of imidazole rings is 1. The van der Waals surface area contributed by atoms with Gasteiger partial charge in [-0.2, -0.15) is 11.3 Å². The fourth-order valence-corrected chi connectivity index (χ4v) is 6.08. The minimum absolute atomic E-state index is 0.0219. The predicted octanol–water partition coefficient (Wildman–Crippen LogP) is 4.65. The van der Waals surface area contributed by atoms with Crippen LogP contribution < -0.4 is 11.1 Å². The Morgan fingerprint density at radius 2 is 1.98 bits per heavy atom. The first-order valence-corrected chi connectivity index (χ1v) is 14.9. The maximum Gasteiger partial charge on any atom is 0.251 e. The molecule has 210 valence electrons. The summed E-state index contributed by atoms with van der Waals surface area (Å²) in [6.45, 7) is 3.10. The van der Waals surface area contributed by atoms with Crippen molar-refractivity contribution in [2.75, 3.05) is 33.4 Å². The second-order valence-electron chi connectivity index (χ2n) is 10.4. The van der Waals surface area contributed by atoms with Crippen LogP contribution in [0.3, 0.4) is 0 Å². The van der Waals surface area contributed by atoms with Gasteiger partial charge >= 0.3 is 0 Å². The van der Waals surface area contributed by atoms with Gasteiger partial charge in [-0.15, -0.1) is 0 Å². The van der Waals surface area contributed by atoms with Crippen LogP contribution >= 0.6 is 11.3 Å². The van der Waals surface area contributed by atoms with Gasteiger partial charge in [-0.05, 0) is 71.5 Å². The number of nitrogens with two attached hydrogens (primary N) is 1. The molecule has 2 amide bonds. The van der Waals surface area contributed by atoms with Crippen molar-refractivity contribution >= 4 is 34.2 Å². The second-order valence-corrected chi connectivity index (χ2v) is 11.2. The highest BCUT2D eigenvalue weighted by Gasteiger charge is 2.29. The predicted molar refractivity (Wildman–Crippen MR) is 159 cm³/mol. The molecule has 9 heteroatoms. The second kappa shape index (κ2) is 13.2. The molecule has 0 radical (unpaired) electrons. The Morgan fingerprint density at radius 1 is 1.15 bits per heavy atom. The van der Waals surface area contributed by atoms with Gasteiger partial charge in [0.25, 0.3) is 5.91 Å². The number of amides is 2. The SMILES string of the molecule is COCCCn1c(C2CCCN(C(=O)CC(N)CNC(=O)c3ccc(-c4ccsc4)cc3)C2)nc2ccccc21. The molecule has 0 aliphatic carbocycles. The average Bonchev–Trinajstić information content (AvgIpc) is 3.65. The summed E-state index contributed by atoms with van der Waals surface area (Å²) in [7, 11) is 1.72. The number of fused-ring (bicyclic) bond motifs is 1. The molecule has 2 aromatic heterocycles. The molecule has 1 saturated heterocycles. The zero-order valence-electron chi connectivity index (χ0n) is 22.9. The number of hydrogen-bond acceptors (Lipinski definition) is 6. The largest absolute Gasteiger partial charge is 0.385 e.